The summed E-state index contributed by atoms with van der Waals surface area (Å²) in [6, 6.07) is 8.16. The van der Waals surface area contributed by atoms with Gasteiger partial charge in [0, 0.05) is 18.2 Å². The van der Waals surface area contributed by atoms with Crippen molar-refractivity contribution in [2.75, 3.05) is 19.0 Å². The predicted molar refractivity (Wildman–Crippen MR) is 69.6 cm³/mol. The molecule has 2 N–H and O–H groups in total. The van der Waals surface area contributed by atoms with E-state index in [-0.39, 0.29) is 17.6 Å². The molecule has 0 spiro atoms. The number of esters is 1. The van der Waals surface area contributed by atoms with Crippen molar-refractivity contribution in [3.8, 4) is 0 Å². The van der Waals surface area contributed by atoms with E-state index in [9.17, 15) is 4.79 Å². The maximum atomic E-state index is 11.7. The minimum atomic E-state index is -0.193. The van der Waals surface area contributed by atoms with E-state index < -0.39 is 0 Å². The molecule has 2 aliphatic rings. The molecule has 3 atom stereocenters. The first kappa shape index (κ1) is 11.5. The van der Waals surface area contributed by atoms with Crippen LogP contribution in [0, 0.1) is 0 Å². The van der Waals surface area contributed by atoms with Gasteiger partial charge in [-0.05, 0) is 25.0 Å². The van der Waals surface area contributed by atoms with Gasteiger partial charge in [-0.2, -0.15) is 0 Å². The average molecular weight is 246 g/mol. The summed E-state index contributed by atoms with van der Waals surface area (Å²) in [4.78, 5) is 11.7. The molecule has 1 aromatic rings. The Morgan fingerprint density at radius 2 is 2.22 bits per heavy atom. The monoisotopic (exact) mass is 246 g/mol. The summed E-state index contributed by atoms with van der Waals surface area (Å²) in [5, 5.41) is 6.86. The molecule has 96 valence electrons. The van der Waals surface area contributed by atoms with Gasteiger partial charge in [0.2, 0.25) is 0 Å². The van der Waals surface area contributed by atoms with Gasteiger partial charge < -0.3 is 15.4 Å². The van der Waals surface area contributed by atoms with Gasteiger partial charge in [-0.3, -0.25) is 4.79 Å². The molecule has 0 amide bonds. The highest BCUT2D eigenvalue weighted by atomic mass is 16.5. The summed E-state index contributed by atoms with van der Waals surface area (Å²) in [6.45, 7) is 2.98. The lowest BCUT2D eigenvalue weighted by Crippen LogP contribution is -2.57. The zero-order chi connectivity index (χ0) is 12.8. The summed E-state index contributed by atoms with van der Waals surface area (Å²) in [5.74, 6) is 0.195. The molecule has 3 rings (SSSR count). The molecule has 4 nitrogen and oxygen atoms in total. The number of carbonyl (C=O) groups is 1. The van der Waals surface area contributed by atoms with E-state index >= 15 is 0 Å². The first-order chi connectivity index (χ1) is 8.64. The van der Waals surface area contributed by atoms with Crippen LogP contribution in [0.25, 0.3) is 0 Å². The predicted octanol–water partition coefficient (Wildman–Crippen LogP) is 1.49. The fourth-order valence-corrected chi connectivity index (χ4v) is 3.18. The largest absolute Gasteiger partial charge is 0.468 e. The highest BCUT2D eigenvalue weighted by Gasteiger charge is 2.47. The molecule has 18 heavy (non-hydrogen) atoms. The Bertz CT molecular complexity index is 488. The molecular weight excluding hydrogens is 228 g/mol. The molecular formula is C14H18N2O2. The van der Waals surface area contributed by atoms with Gasteiger partial charge in [0.15, 0.2) is 0 Å². The van der Waals surface area contributed by atoms with Crippen molar-refractivity contribution in [3.63, 3.8) is 0 Å². The molecule has 0 radical (unpaired) electrons. The first-order valence-electron chi connectivity index (χ1n) is 6.32. The Morgan fingerprint density at radius 1 is 1.44 bits per heavy atom. The van der Waals surface area contributed by atoms with Gasteiger partial charge in [-0.1, -0.05) is 18.2 Å². The fraction of sp³-hybridized carbons (Fsp3) is 0.500. The second-order valence-electron chi connectivity index (χ2n) is 5.37. The van der Waals surface area contributed by atoms with Gasteiger partial charge in [0.25, 0.3) is 0 Å². The second-order valence-corrected chi connectivity index (χ2v) is 5.37. The molecule has 2 aliphatic heterocycles. The third-order valence-corrected chi connectivity index (χ3v) is 4.20. The van der Waals surface area contributed by atoms with Crippen LogP contribution in [0.2, 0.25) is 0 Å². The second kappa shape index (κ2) is 3.99. The van der Waals surface area contributed by atoms with E-state index in [0.29, 0.717) is 5.92 Å². The van der Waals surface area contributed by atoms with Crippen LogP contribution in [-0.4, -0.2) is 31.2 Å². The minimum absolute atomic E-state index is 0.00575. The number of para-hydroxylation sites is 1. The molecule has 1 fully saturated rings. The Hall–Kier alpha value is -1.55. The normalized spacial score (nSPS) is 33.2. The zero-order valence-electron chi connectivity index (χ0n) is 10.7. The van der Waals surface area contributed by atoms with Crippen LogP contribution < -0.4 is 10.6 Å². The fourth-order valence-electron chi connectivity index (χ4n) is 3.18. The molecule has 1 aromatic carbocycles. The van der Waals surface area contributed by atoms with Crippen molar-refractivity contribution in [1.82, 2.24) is 5.32 Å². The number of benzene rings is 1. The van der Waals surface area contributed by atoms with Gasteiger partial charge in [-0.15, -0.1) is 0 Å². The van der Waals surface area contributed by atoms with Crippen molar-refractivity contribution in [1.29, 1.82) is 0 Å². The number of rotatable bonds is 1. The molecule has 3 unspecified atom stereocenters. The number of carbonyl (C=O) groups excluding carboxylic acids is 1. The molecule has 1 saturated heterocycles. The van der Waals surface area contributed by atoms with E-state index in [1.165, 1.54) is 18.4 Å². The van der Waals surface area contributed by atoms with Crippen LogP contribution >= 0.6 is 0 Å². The van der Waals surface area contributed by atoms with E-state index in [4.69, 9.17) is 4.74 Å². The Morgan fingerprint density at radius 3 is 3.00 bits per heavy atom. The van der Waals surface area contributed by atoms with Crippen molar-refractivity contribution < 1.29 is 9.53 Å². The number of piperidine rings is 1. The quantitative estimate of drug-likeness (QED) is 0.737. The minimum Gasteiger partial charge on any atom is -0.468 e. The van der Waals surface area contributed by atoms with Crippen molar-refractivity contribution in [3.05, 3.63) is 29.8 Å². The number of anilines is 1. The molecule has 2 heterocycles. The van der Waals surface area contributed by atoms with Crippen molar-refractivity contribution >= 4 is 11.7 Å². The van der Waals surface area contributed by atoms with Crippen molar-refractivity contribution in [2.45, 2.75) is 30.8 Å². The van der Waals surface area contributed by atoms with Gasteiger partial charge in [-0.25, -0.2) is 0 Å². The van der Waals surface area contributed by atoms with Crippen LogP contribution in [-0.2, 0) is 9.53 Å². The Labute approximate surface area is 107 Å². The van der Waals surface area contributed by atoms with Crippen LogP contribution in [0.3, 0.4) is 0 Å². The van der Waals surface area contributed by atoms with E-state index in [1.807, 2.05) is 6.07 Å². The Balaban J connectivity index is 1.91. The number of methoxy groups -OCH3 is 1. The molecule has 0 saturated carbocycles. The number of fused-ring (bicyclic) bond motifs is 3. The molecule has 0 aliphatic carbocycles. The molecule has 0 bridgehead atoms. The summed E-state index contributed by atoms with van der Waals surface area (Å²) >= 11 is 0. The average Bonchev–Trinajstić information content (AvgIpc) is 2.69. The molecule has 4 heteroatoms. The number of nitrogens with one attached hydrogen (secondary N) is 2. The van der Waals surface area contributed by atoms with Gasteiger partial charge in [0.1, 0.15) is 6.04 Å². The van der Waals surface area contributed by atoms with Crippen LogP contribution in [0.15, 0.2) is 24.3 Å². The van der Waals surface area contributed by atoms with Crippen LogP contribution in [0.4, 0.5) is 5.69 Å². The lowest BCUT2D eigenvalue weighted by Gasteiger charge is -2.40. The van der Waals surface area contributed by atoms with Crippen LogP contribution in [0.1, 0.15) is 24.8 Å². The highest BCUT2D eigenvalue weighted by Crippen LogP contribution is 2.46. The van der Waals surface area contributed by atoms with Crippen LogP contribution in [0.5, 0.6) is 0 Å². The van der Waals surface area contributed by atoms with E-state index in [1.54, 1.807) is 0 Å². The SMILES string of the molecule is COC(=O)C1CC2c3ccccc3NC2(C)CN1. The third-order valence-electron chi connectivity index (χ3n) is 4.20. The maximum Gasteiger partial charge on any atom is 0.322 e. The lowest BCUT2D eigenvalue weighted by atomic mass is 9.77. The van der Waals surface area contributed by atoms with Crippen molar-refractivity contribution in [2.24, 2.45) is 0 Å². The summed E-state index contributed by atoms with van der Waals surface area (Å²) in [5.41, 5.74) is 2.50. The van der Waals surface area contributed by atoms with E-state index in [0.717, 1.165) is 13.0 Å². The summed E-state index contributed by atoms with van der Waals surface area (Å²) in [6.07, 6.45) is 0.785. The smallest absolute Gasteiger partial charge is 0.322 e. The molecule has 0 aromatic heterocycles. The number of hydrogen-bond donors (Lipinski definition) is 2. The summed E-state index contributed by atoms with van der Waals surface area (Å²) < 4.78 is 4.84. The maximum absolute atomic E-state index is 11.7. The number of ether oxygens (including phenoxy) is 1. The first-order valence-corrected chi connectivity index (χ1v) is 6.32. The van der Waals surface area contributed by atoms with Gasteiger partial charge >= 0.3 is 5.97 Å². The third kappa shape index (κ3) is 1.60. The lowest BCUT2D eigenvalue weighted by molar-refractivity contribution is -0.144. The van der Waals surface area contributed by atoms with E-state index in [2.05, 4.69) is 35.8 Å². The number of hydrogen-bond acceptors (Lipinski definition) is 4. The standard InChI is InChI=1S/C14H18N2O2/c1-14-8-15-12(13(17)18-2)7-10(14)9-5-3-4-6-11(9)16-14/h3-6,10,12,15-16H,7-8H2,1-2H3. The zero-order valence-corrected chi connectivity index (χ0v) is 10.7. The highest BCUT2D eigenvalue weighted by molar-refractivity contribution is 5.76. The van der Waals surface area contributed by atoms with Gasteiger partial charge in [0.05, 0.1) is 12.6 Å². The summed E-state index contributed by atoms with van der Waals surface area (Å²) in [7, 11) is 1.44. The topological polar surface area (TPSA) is 50.4 Å². The Kier molecular flexibility index (Phi) is 2.55.